The van der Waals surface area contributed by atoms with E-state index in [1.165, 1.54) is 58.4 Å². The van der Waals surface area contributed by atoms with Gasteiger partial charge in [-0.15, -0.1) is 0 Å². The Morgan fingerprint density at radius 1 is 1.31 bits per heavy atom. The number of rotatable bonds is 5. The number of nitrogens with one attached hydrogen (secondary N) is 1. The Kier molecular flexibility index (Phi) is 4.62. The molecule has 3 heteroatoms. The van der Waals surface area contributed by atoms with Gasteiger partial charge in [0.1, 0.15) is 0 Å². The zero-order chi connectivity index (χ0) is 11.4. The highest BCUT2D eigenvalue weighted by molar-refractivity contribution is 4.85. The van der Waals surface area contributed by atoms with E-state index in [9.17, 15) is 0 Å². The maximum Gasteiger partial charge on any atom is 0.0345 e. The lowest BCUT2D eigenvalue weighted by Crippen LogP contribution is -2.57. The predicted octanol–water partition coefficient (Wildman–Crippen LogP) is 1.15. The largest absolute Gasteiger partial charge is 0.314 e. The number of likely N-dealkylation sites (tertiary alicyclic amines) is 1. The van der Waals surface area contributed by atoms with Crippen molar-refractivity contribution >= 4 is 0 Å². The van der Waals surface area contributed by atoms with Crippen molar-refractivity contribution in [1.82, 2.24) is 15.1 Å². The molecule has 0 spiro atoms. The van der Waals surface area contributed by atoms with Crippen molar-refractivity contribution in [2.45, 2.75) is 44.7 Å². The second-order valence-electron chi connectivity index (χ2n) is 5.36. The van der Waals surface area contributed by atoms with Crippen molar-refractivity contribution < 1.29 is 0 Å². The van der Waals surface area contributed by atoms with Crippen LogP contribution in [0.2, 0.25) is 0 Å². The first kappa shape index (κ1) is 12.3. The van der Waals surface area contributed by atoms with Crippen LogP contribution in [0.5, 0.6) is 0 Å². The van der Waals surface area contributed by atoms with E-state index in [1.54, 1.807) is 0 Å². The normalized spacial score (nSPS) is 28.3. The molecular weight excluding hydrogens is 198 g/mol. The Hall–Kier alpha value is -0.120. The molecule has 16 heavy (non-hydrogen) atoms. The van der Waals surface area contributed by atoms with E-state index in [-0.39, 0.29) is 0 Å². The third-order valence-electron chi connectivity index (χ3n) is 4.35. The fraction of sp³-hybridized carbons (Fsp3) is 1.00. The highest BCUT2D eigenvalue weighted by atomic mass is 15.2. The van der Waals surface area contributed by atoms with Crippen LogP contribution in [0, 0.1) is 0 Å². The molecule has 1 N–H and O–H groups in total. The van der Waals surface area contributed by atoms with Gasteiger partial charge in [0.25, 0.3) is 0 Å². The van der Waals surface area contributed by atoms with Gasteiger partial charge >= 0.3 is 0 Å². The van der Waals surface area contributed by atoms with Crippen LogP contribution in [0.15, 0.2) is 0 Å². The van der Waals surface area contributed by atoms with Crippen LogP contribution in [0.1, 0.15) is 32.6 Å². The van der Waals surface area contributed by atoms with Crippen molar-refractivity contribution in [1.29, 1.82) is 0 Å². The number of nitrogens with zero attached hydrogens (tertiary/aromatic N) is 2. The fourth-order valence-electron chi connectivity index (χ4n) is 2.95. The van der Waals surface area contributed by atoms with Crippen LogP contribution < -0.4 is 5.32 Å². The molecule has 2 aliphatic heterocycles. The zero-order valence-electron chi connectivity index (χ0n) is 10.9. The molecule has 2 fully saturated rings. The van der Waals surface area contributed by atoms with Gasteiger partial charge in [-0.3, -0.25) is 4.90 Å². The molecular formula is C13H27N3. The molecule has 3 nitrogen and oxygen atoms in total. The summed E-state index contributed by atoms with van der Waals surface area (Å²) in [5, 5.41) is 3.37. The standard InChI is InChI=1S/C13H27N3/c1-3-16(13-10-14-11-13)9-7-12-6-4-5-8-15(12)2/h12-14H,3-11H2,1-2H3. The molecule has 0 aromatic carbocycles. The van der Waals surface area contributed by atoms with E-state index in [0.717, 1.165) is 12.1 Å². The van der Waals surface area contributed by atoms with E-state index in [4.69, 9.17) is 0 Å². The molecule has 0 aliphatic carbocycles. The molecule has 0 aromatic rings. The number of likely N-dealkylation sites (N-methyl/N-ethyl adjacent to an activating group) is 1. The predicted molar refractivity (Wildman–Crippen MR) is 68.8 cm³/mol. The lowest BCUT2D eigenvalue weighted by molar-refractivity contribution is 0.116. The summed E-state index contributed by atoms with van der Waals surface area (Å²) in [5.41, 5.74) is 0. The summed E-state index contributed by atoms with van der Waals surface area (Å²) in [4.78, 5) is 5.22. The fourth-order valence-corrected chi connectivity index (χ4v) is 2.95. The maximum atomic E-state index is 3.37. The third-order valence-corrected chi connectivity index (χ3v) is 4.35. The summed E-state index contributed by atoms with van der Waals surface area (Å²) in [7, 11) is 2.30. The first-order valence-corrected chi connectivity index (χ1v) is 6.96. The quantitative estimate of drug-likeness (QED) is 0.757. The smallest absolute Gasteiger partial charge is 0.0345 e. The molecule has 1 atom stereocenters. The monoisotopic (exact) mass is 225 g/mol. The van der Waals surface area contributed by atoms with Crippen LogP contribution >= 0.6 is 0 Å². The Morgan fingerprint density at radius 3 is 2.69 bits per heavy atom. The van der Waals surface area contributed by atoms with Crippen LogP contribution in [0.25, 0.3) is 0 Å². The summed E-state index contributed by atoms with van der Waals surface area (Å²) in [5.74, 6) is 0. The Labute approximate surface area is 100 Å². The lowest BCUT2D eigenvalue weighted by atomic mass is 9.99. The second-order valence-corrected chi connectivity index (χ2v) is 5.36. The Morgan fingerprint density at radius 2 is 2.12 bits per heavy atom. The topological polar surface area (TPSA) is 18.5 Å². The molecule has 2 aliphatic rings. The zero-order valence-corrected chi connectivity index (χ0v) is 10.9. The minimum absolute atomic E-state index is 0.818. The first-order chi connectivity index (χ1) is 7.81. The van der Waals surface area contributed by atoms with Crippen molar-refractivity contribution in [3.05, 3.63) is 0 Å². The van der Waals surface area contributed by atoms with E-state index < -0.39 is 0 Å². The highest BCUT2D eigenvalue weighted by Crippen LogP contribution is 2.18. The van der Waals surface area contributed by atoms with Crippen LogP contribution in [-0.2, 0) is 0 Å². The molecule has 94 valence electrons. The Bertz CT molecular complexity index is 199. The summed E-state index contributed by atoms with van der Waals surface area (Å²) >= 11 is 0. The number of hydrogen-bond acceptors (Lipinski definition) is 3. The van der Waals surface area contributed by atoms with Gasteiger partial charge in [-0.2, -0.15) is 0 Å². The summed E-state index contributed by atoms with van der Waals surface area (Å²) in [6.07, 6.45) is 5.61. The van der Waals surface area contributed by atoms with Crippen molar-refractivity contribution in [3.8, 4) is 0 Å². The average molecular weight is 225 g/mol. The van der Waals surface area contributed by atoms with Gasteiger partial charge in [0.15, 0.2) is 0 Å². The van der Waals surface area contributed by atoms with Gasteiger partial charge in [-0.05, 0) is 39.4 Å². The van der Waals surface area contributed by atoms with Gasteiger partial charge in [-0.1, -0.05) is 13.3 Å². The summed E-state index contributed by atoms with van der Waals surface area (Å²) in [6, 6.07) is 1.66. The molecule has 0 amide bonds. The van der Waals surface area contributed by atoms with Crippen LogP contribution in [-0.4, -0.2) is 61.7 Å². The molecule has 0 bridgehead atoms. The SMILES string of the molecule is CCN(CCC1CCCCN1C)C1CNC1. The van der Waals surface area contributed by atoms with Gasteiger partial charge < -0.3 is 10.2 Å². The van der Waals surface area contributed by atoms with Gasteiger partial charge in [0, 0.05) is 31.7 Å². The third kappa shape index (κ3) is 2.96. The van der Waals surface area contributed by atoms with E-state index in [0.29, 0.717) is 0 Å². The van der Waals surface area contributed by atoms with Crippen molar-refractivity contribution in [3.63, 3.8) is 0 Å². The molecule has 2 saturated heterocycles. The number of hydrogen-bond donors (Lipinski definition) is 1. The second kappa shape index (κ2) is 5.99. The summed E-state index contributed by atoms with van der Waals surface area (Å²) < 4.78 is 0. The molecule has 1 unspecified atom stereocenters. The average Bonchev–Trinajstić information content (AvgIpc) is 2.23. The first-order valence-electron chi connectivity index (χ1n) is 6.96. The van der Waals surface area contributed by atoms with Crippen molar-refractivity contribution in [2.24, 2.45) is 0 Å². The van der Waals surface area contributed by atoms with Gasteiger partial charge in [0.05, 0.1) is 0 Å². The van der Waals surface area contributed by atoms with Crippen LogP contribution in [0.4, 0.5) is 0 Å². The molecule has 0 radical (unpaired) electrons. The molecule has 0 saturated carbocycles. The van der Waals surface area contributed by atoms with E-state index in [1.807, 2.05) is 0 Å². The van der Waals surface area contributed by atoms with Gasteiger partial charge in [0.2, 0.25) is 0 Å². The highest BCUT2D eigenvalue weighted by Gasteiger charge is 2.25. The minimum atomic E-state index is 0.818. The number of piperidine rings is 1. The molecule has 2 heterocycles. The van der Waals surface area contributed by atoms with E-state index in [2.05, 4.69) is 29.1 Å². The maximum absolute atomic E-state index is 3.37. The van der Waals surface area contributed by atoms with Crippen molar-refractivity contribution in [2.75, 3.05) is 39.8 Å². The van der Waals surface area contributed by atoms with Gasteiger partial charge in [-0.25, -0.2) is 0 Å². The lowest BCUT2D eigenvalue weighted by Gasteiger charge is -2.40. The Balaban J connectivity index is 1.71. The van der Waals surface area contributed by atoms with Crippen LogP contribution in [0.3, 0.4) is 0 Å². The van der Waals surface area contributed by atoms with E-state index >= 15 is 0 Å². The minimum Gasteiger partial charge on any atom is -0.314 e. The molecule has 0 aromatic heterocycles. The molecule has 2 rings (SSSR count). The summed E-state index contributed by atoms with van der Waals surface area (Å²) in [6.45, 7) is 8.51.